The van der Waals surface area contributed by atoms with Gasteiger partial charge in [0.25, 0.3) is 0 Å². The molecule has 1 N–H and O–H groups in total. The van der Waals surface area contributed by atoms with Gasteiger partial charge in [-0.15, -0.1) is 0 Å². The summed E-state index contributed by atoms with van der Waals surface area (Å²) in [6.45, 7) is 13.2. The average Bonchev–Trinajstić information content (AvgIpc) is 3.28. The fraction of sp³-hybridized carbons (Fsp3) is 0.310. The van der Waals surface area contributed by atoms with Gasteiger partial charge in [0.2, 0.25) is 0 Å². The van der Waals surface area contributed by atoms with Crippen molar-refractivity contribution in [3.05, 3.63) is 89.7 Å². The SMILES string of the molecule is C=C/C(=C/C=C\C)CC(CC)c1cccc(C(=C/C)/N=C(\C)c2c[nH]c3c2N=CCN3C)c1. The normalized spacial score (nSPS) is 15.8. The van der Waals surface area contributed by atoms with Crippen LogP contribution >= 0.6 is 0 Å². The zero-order chi connectivity index (χ0) is 23.8. The molecule has 4 nitrogen and oxygen atoms in total. The van der Waals surface area contributed by atoms with Gasteiger partial charge in [-0.25, -0.2) is 0 Å². The molecule has 1 aromatic carbocycles. The molecule has 0 fully saturated rings. The first-order valence-corrected chi connectivity index (χ1v) is 11.7. The smallest absolute Gasteiger partial charge is 0.133 e. The van der Waals surface area contributed by atoms with Crippen LogP contribution in [0.4, 0.5) is 11.5 Å². The molecule has 0 aliphatic carbocycles. The molecule has 0 amide bonds. The number of nitrogens with zero attached hydrogens (tertiary/aromatic N) is 3. The number of benzene rings is 1. The fourth-order valence-electron chi connectivity index (χ4n) is 4.16. The van der Waals surface area contributed by atoms with E-state index < -0.39 is 0 Å². The maximum atomic E-state index is 5.01. The van der Waals surface area contributed by atoms with E-state index in [0.717, 1.165) is 53.4 Å². The minimum atomic E-state index is 0.434. The quantitative estimate of drug-likeness (QED) is 0.316. The van der Waals surface area contributed by atoms with Crippen molar-refractivity contribution in [2.45, 2.75) is 46.5 Å². The van der Waals surface area contributed by atoms with E-state index in [9.17, 15) is 0 Å². The number of H-pyrrole nitrogens is 1. The standard InChI is InChI=1S/C29H36N4/c1-7-11-13-22(8-2)18-23(9-3)24-14-12-15-25(19-24)27(10-4)32-21(5)26-20-31-29-28(26)30-16-17-33(29)6/h7-8,10-16,19-20,23,31H,2,9,17-18H2,1,3-6H3/b11-7-,22-13-,27-10-,32-21+. The molecule has 4 heteroatoms. The highest BCUT2D eigenvalue weighted by Gasteiger charge is 2.19. The lowest BCUT2D eigenvalue weighted by Crippen LogP contribution is -2.22. The van der Waals surface area contributed by atoms with Crippen LogP contribution < -0.4 is 4.90 Å². The summed E-state index contributed by atoms with van der Waals surface area (Å²) in [5, 5.41) is 0. The number of aromatic nitrogens is 1. The highest BCUT2D eigenvalue weighted by molar-refractivity contribution is 6.08. The van der Waals surface area contributed by atoms with Gasteiger partial charge in [-0.1, -0.05) is 62.1 Å². The Hall–Kier alpha value is -3.40. The number of anilines is 1. The Morgan fingerprint density at radius 3 is 2.85 bits per heavy atom. The maximum Gasteiger partial charge on any atom is 0.133 e. The zero-order valence-corrected chi connectivity index (χ0v) is 20.6. The Bertz CT molecular complexity index is 1120. The first kappa shape index (κ1) is 24.2. The highest BCUT2D eigenvalue weighted by atomic mass is 15.2. The summed E-state index contributed by atoms with van der Waals surface area (Å²) < 4.78 is 0. The number of nitrogens with one attached hydrogen (secondary N) is 1. The number of hydrogen-bond acceptors (Lipinski definition) is 3. The Balaban J connectivity index is 1.89. The van der Waals surface area contributed by atoms with E-state index in [4.69, 9.17) is 4.99 Å². The Morgan fingerprint density at radius 1 is 1.33 bits per heavy atom. The summed E-state index contributed by atoms with van der Waals surface area (Å²) in [4.78, 5) is 15.1. The number of aromatic amines is 1. The molecule has 172 valence electrons. The third-order valence-corrected chi connectivity index (χ3v) is 6.14. The number of allylic oxidation sites excluding steroid dienone is 6. The Labute approximate surface area is 198 Å². The van der Waals surface area contributed by atoms with Crippen LogP contribution in [0.25, 0.3) is 5.70 Å². The molecular weight excluding hydrogens is 404 g/mol. The molecule has 1 unspecified atom stereocenters. The van der Waals surface area contributed by atoms with Crippen LogP contribution in [0, 0.1) is 0 Å². The zero-order valence-electron chi connectivity index (χ0n) is 20.6. The van der Waals surface area contributed by atoms with Gasteiger partial charge >= 0.3 is 0 Å². The third kappa shape index (κ3) is 5.70. The molecule has 0 saturated heterocycles. The van der Waals surface area contributed by atoms with Gasteiger partial charge in [0.05, 0.1) is 12.2 Å². The van der Waals surface area contributed by atoms with E-state index >= 15 is 0 Å². The molecule has 1 aromatic heterocycles. The van der Waals surface area contributed by atoms with Crippen molar-refractivity contribution in [2.75, 3.05) is 18.5 Å². The first-order chi connectivity index (χ1) is 16.0. The van der Waals surface area contributed by atoms with E-state index in [2.05, 4.69) is 90.9 Å². The molecule has 2 aromatic rings. The number of rotatable bonds is 9. The van der Waals surface area contributed by atoms with E-state index in [1.807, 2.05) is 32.3 Å². The molecule has 0 bridgehead atoms. The molecule has 33 heavy (non-hydrogen) atoms. The minimum absolute atomic E-state index is 0.434. The van der Waals surface area contributed by atoms with Crippen molar-refractivity contribution >= 4 is 29.1 Å². The third-order valence-electron chi connectivity index (χ3n) is 6.14. The van der Waals surface area contributed by atoms with Gasteiger partial charge in [0.15, 0.2) is 0 Å². The Morgan fingerprint density at radius 2 is 2.15 bits per heavy atom. The van der Waals surface area contributed by atoms with Crippen molar-refractivity contribution in [3.8, 4) is 0 Å². The van der Waals surface area contributed by atoms with Crippen molar-refractivity contribution in [2.24, 2.45) is 9.98 Å². The van der Waals surface area contributed by atoms with Crippen LogP contribution in [0.5, 0.6) is 0 Å². The van der Waals surface area contributed by atoms with E-state index in [1.165, 1.54) is 11.1 Å². The predicted molar refractivity (Wildman–Crippen MR) is 145 cm³/mol. The van der Waals surface area contributed by atoms with E-state index in [-0.39, 0.29) is 0 Å². The molecule has 1 atom stereocenters. The lowest BCUT2D eigenvalue weighted by Gasteiger charge is -2.19. The summed E-state index contributed by atoms with van der Waals surface area (Å²) >= 11 is 0. The summed E-state index contributed by atoms with van der Waals surface area (Å²) in [5.74, 6) is 1.48. The monoisotopic (exact) mass is 440 g/mol. The fourth-order valence-corrected chi connectivity index (χ4v) is 4.16. The number of hydrogen-bond donors (Lipinski definition) is 1. The van der Waals surface area contributed by atoms with Crippen LogP contribution in [0.2, 0.25) is 0 Å². The number of aliphatic imine (C=N–C) groups is 2. The molecule has 3 rings (SSSR count). The van der Waals surface area contributed by atoms with Crippen molar-refractivity contribution in [3.63, 3.8) is 0 Å². The molecule has 0 spiro atoms. The van der Waals surface area contributed by atoms with Crippen LogP contribution in [-0.2, 0) is 0 Å². The summed E-state index contributed by atoms with van der Waals surface area (Å²) in [7, 11) is 2.06. The second-order valence-electron chi connectivity index (χ2n) is 8.37. The van der Waals surface area contributed by atoms with Gasteiger partial charge in [-0.2, -0.15) is 0 Å². The molecular formula is C29H36N4. The van der Waals surface area contributed by atoms with Gasteiger partial charge in [-0.05, 0) is 56.7 Å². The largest absolute Gasteiger partial charge is 0.354 e. The molecule has 1 aliphatic rings. The topological polar surface area (TPSA) is 43.8 Å². The van der Waals surface area contributed by atoms with Crippen molar-refractivity contribution in [1.82, 2.24) is 4.98 Å². The van der Waals surface area contributed by atoms with Crippen LogP contribution in [0.15, 0.2) is 83.0 Å². The molecule has 0 saturated carbocycles. The molecule has 1 aliphatic heterocycles. The predicted octanol–water partition coefficient (Wildman–Crippen LogP) is 7.61. The van der Waals surface area contributed by atoms with E-state index in [1.54, 1.807) is 0 Å². The van der Waals surface area contributed by atoms with Crippen LogP contribution in [-0.4, -0.2) is 30.5 Å². The minimum Gasteiger partial charge on any atom is -0.354 e. The molecule has 2 heterocycles. The van der Waals surface area contributed by atoms with Crippen LogP contribution in [0.1, 0.15) is 63.1 Å². The number of fused-ring (bicyclic) bond motifs is 1. The van der Waals surface area contributed by atoms with Gasteiger partial charge in [0.1, 0.15) is 11.5 Å². The highest BCUT2D eigenvalue weighted by Crippen LogP contribution is 2.34. The van der Waals surface area contributed by atoms with E-state index in [0.29, 0.717) is 5.92 Å². The van der Waals surface area contributed by atoms with Gasteiger partial charge in [-0.3, -0.25) is 9.98 Å². The average molecular weight is 441 g/mol. The van der Waals surface area contributed by atoms with Crippen molar-refractivity contribution in [1.29, 1.82) is 0 Å². The summed E-state index contributed by atoms with van der Waals surface area (Å²) in [6, 6.07) is 8.80. The van der Waals surface area contributed by atoms with Crippen LogP contribution in [0.3, 0.4) is 0 Å². The summed E-state index contributed by atoms with van der Waals surface area (Å²) in [5.41, 5.74) is 7.66. The maximum absolute atomic E-state index is 5.01. The van der Waals surface area contributed by atoms with Gasteiger partial charge in [0, 0.05) is 36.3 Å². The second-order valence-corrected chi connectivity index (χ2v) is 8.37. The molecule has 0 radical (unpaired) electrons. The Kier molecular flexibility index (Phi) is 8.42. The first-order valence-electron chi connectivity index (χ1n) is 11.7. The van der Waals surface area contributed by atoms with Gasteiger partial charge < -0.3 is 9.88 Å². The lowest BCUT2D eigenvalue weighted by atomic mass is 9.88. The van der Waals surface area contributed by atoms with Crippen molar-refractivity contribution < 1.29 is 0 Å². The second kappa shape index (κ2) is 11.5. The summed E-state index contributed by atoms with van der Waals surface area (Å²) in [6.07, 6.45) is 16.3. The lowest BCUT2D eigenvalue weighted by molar-refractivity contribution is 0.662.